The van der Waals surface area contributed by atoms with Gasteiger partial charge in [-0.25, -0.2) is 9.78 Å². The monoisotopic (exact) mass is 263 g/mol. The van der Waals surface area contributed by atoms with Crippen molar-refractivity contribution in [3.8, 4) is 5.75 Å². The van der Waals surface area contributed by atoms with E-state index < -0.39 is 6.04 Å². The molecule has 1 aromatic carbocycles. The number of methoxy groups -OCH3 is 1. The van der Waals surface area contributed by atoms with Gasteiger partial charge in [0.2, 0.25) is 5.95 Å². The lowest BCUT2D eigenvalue weighted by molar-refractivity contribution is -0.146. The van der Waals surface area contributed by atoms with Gasteiger partial charge in [0.25, 0.3) is 0 Å². The number of nitrogen functional groups attached to an aromatic ring is 1. The summed E-state index contributed by atoms with van der Waals surface area (Å²) in [6.45, 7) is 3.84. The highest BCUT2D eigenvalue weighted by Crippen LogP contribution is 2.26. The fourth-order valence-corrected chi connectivity index (χ4v) is 2.00. The Bertz CT molecular complexity index is 606. The molecular weight excluding hydrogens is 246 g/mol. The molecule has 0 radical (unpaired) electrons. The number of nitrogens with zero attached hydrogens (tertiary/aromatic N) is 2. The Labute approximate surface area is 111 Å². The number of benzene rings is 1. The van der Waals surface area contributed by atoms with E-state index in [-0.39, 0.29) is 11.9 Å². The van der Waals surface area contributed by atoms with E-state index in [0.29, 0.717) is 17.9 Å². The lowest BCUT2D eigenvalue weighted by Crippen LogP contribution is -2.20. The number of hydrogen-bond acceptors (Lipinski definition) is 5. The van der Waals surface area contributed by atoms with Crippen molar-refractivity contribution < 1.29 is 14.3 Å². The SMILES string of the molecule is CCOC(=O)C(C)n1c(N)nc2cc(OC)ccc21. The molecule has 2 rings (SSSR count). The van der Waals surface area contributed by atoms with Gasteiger partial charge >= 0.3 is 5.97 Å². The van der Waals surface area contributed by atoms with Crippen molar-refractivity contribution in [3.05, 3.63) is 18.2 Å². The molecule has 0 amide bonds. The largest absolute Gasteiger partial charge is 0.497 e. The van der Waals surface area contributed by atoms with Crippen LogP contribution in [0.5, 0.6) is 5.75 Å². The normalized spacial score (nSPS) is 12.4. The third-order valence-electron chi connectivity index (χ3n) is 2.94. The summed E-state index contributed by atoms with van der Waals surface area (Å²) in [5, 5.41) is 0. The van der Waals surface area contributed by atoms with Crippen LogP contribution in [0.2, 0.25) is 0 Å². The molecule has 2 aromatic rings. The summed E-state index contributed by atoms with van der Waals surface area (Å²) in [5.41, 5.74) is 7.35. The summed E-state index contributed by atoms with van der Waals surface area (Å²) in [7, 11) is 1.59. The second-order valence-corrected chi connectivity index (χ2v) is 4.12. The van der Waals surface area contributed by atoms with Crippen molar-refractivity contribution in [3.63, 3.8) is 0 Å². The average Bonchev–Trinajstić information content (AvgIpc) is 2.72. The molecule has 102 valence electrons. The standard InChI is InChI=1S/C13H17N3O3/c1-4-19-12(17)8(2)16-11-6-5-9(18-3)7-10(11)15-13(16)14/h5-8H,4H2,1-3H3,(H2,14,15). The Morgan fingerprint density at radius 2 is 2.26 bits per heavy atom. The fraction of sp³-hybridized carbons (Fsp3) is 0.385. The first kappa shape index (κ1) is 13.2. The molecule has 1 heterocycles. The number of esters is 1. The number of hydrogen-bond donors (Lipinski definition) is 1. The van der Waals surface area contributed by atoms with Gasteiger partial charge in [-0.15, -0.1) is 0 Å². The topological polar surface area (TPSA) is 79.4 Å². The maximum atomic E-state index is 11.8. The molecule has 0 fully saturated rings. The number of nitrogens with two attached hydrogens (primary N) is 1. The number of anilines is 1. The number of carbonyl (C=O) groups is 1. The number of ether oxygens (including phenoxy) is 2. The van der Waals surface area contributed by atoms with Gasteiger partial charge < -0.3 is 15.2 Å². The highest BCUT2D eigenvalue weighted by molar-refractivity contribution is 5.83. The fourth-order valence-electron chi connectivity index (χ4n) is 2.00. The van der Waals surface area contributed by atoms with E-state index in [4.69, 9.17) is 15.2 Å². The van der Waals surface area contributed by atoms with Crippen LogP contribution >= 0.6 is 0 Å². The molecule has 0 aliphatic rings. The summed E-state index contributed by atoms with van der Waals surface area (Å²) in [5.74, 6) is 0.647. The van der Waals surface area contributed by atoms with Gasteiger partial charge in [0.1, 0.15) is 11.8 Å². The van der Waals surface area contributed by atoms with Crippen LogP contribution in [0.25, 0.3) is 11.0 Å². The molecule has 1 unspecified atom stereocenters. The lowest BCUT2D eigenvalue weighted by Gasteiger charge is -2.14. The predicted octanol–water partition coefficient (Wildman–Crippen LogP) is 1.75. The second kappa shape index (κ2) is 5.17. The van der Waals surface area contributed by atoms with Crippen LogP contribution in [0.4, 0.5) is 5.95 Å². The Balaban J connectivity index is 2.48. The summed E-state index contributed by atoms with van der Waals surface area (Å²) < 4.78 is 11.8. The zero-order chi connectivity index (χ0) is 14.0. The minimum atomic E-state index is -0.515. The van der Waals surface area contributed by atoms with Gasteiger partial charge in [-0.3, -0.25) is 4.57 Å². The number of imidazole rings is 1. The second-order valence-electron chi connectivity index (χ2n) is 4.12. The third kappa shape index (κ3) is 2.33. The maximum Gasteiger partial charge on any atom is 0.328 e. The summed E-state index contributed by atoms with van der Waals surface area (Å²) in [6.07, 6.45) is 0. The molecule has 0 saturated heterocycles. The molecule has 0 aliphatic carbocycles. The Kier molecular flexibility index (Phi) is 3.59. The molecule has 0 aliphatic heterocycles. The van der Waals surface area contributed by atoms with Gasteiger partial charge in [0.15, 0.2) is 0 Å². The van der Waals surface area contributed by atoms with E-state index in [0.717, 1.165) is 5.52 Å². The number of fused-ring (bicyclic) bond motifs is 1. The molecule has 0 saturated carbocycles. The van der Waals surface area contributed by atoms with Crippen LogP contribution in [-0.2, 0) is 9.53 Å². The molecule has 1 atom stereocenters. The Hall–Kier alpha value is -2.24. The van der Waals surface area contributed by atoms with Gasteiger partial charge in [0.05, 0.1) is 24.8 Å². The Morgan fingerprint density at radius 1 is 1.53 bits per heavy atom. The van der Waals surface area contributed by atoms with Crippen LogP contribution in [0.3, 0.4) is 0 Å². The summed E-state index contributed by atoms with van der Waals surface area (Å²) in [6, 6.07) is 4.89. The maximum absolute atomic E-state index is 11.8. The molecular formula is C13H17N3O3. The van der Waals surface area contributed by atoms with Crippen molar-refractivity contribution in [2.24, 2.45) is 0 Å². The van der Waals surface area contributed by atoms with Gasteiger partial charge in [-0.1, -0.05) is 0 Å². The van der Waals surface area contributed by atoms with Crippen molar-refractivity contribution in [1.82, 2.24) is 9.55 Å². The number of aromatic nitrogens is 2. The average molecular weight is 263 g/mol. The zero-order valence-corrected chi connectivity index (χ0v) is 11.2. The van der Waals surface area contributed by atoms with Crippen LogP contribution in [0.15, 0.2) is 18.2 Å². The number of rotatable bonds is 4. The quantitative estimate of drug-likeness (QED) is 0.850. The molecule has 19 heavy (non-hydrogen) atoms. The van der Waals surface area contributed by atoms with Gasteiger partial charge in [-0.05, 0) is 26.0 Å². The minimum Gasteiger partial charge on any atom is -0.497 e. The van der Waals surface area contributed by atoms with Crippen molar-refractivity contribution >= 4 is 23.0 Å². The van der Waals surface area contributed by atoms with Crippen LogP contribution < -0.4 is 10.5 Å². The first-order chi connectivity index (χ1) is 9.08. The van der Waals surface area contributed by atoms with E-state index in [1.54, 1.807) is 37.7 Å². The molecule has 0 spiro atoms. The summed E-state index contributed by atoms with van der Waals surface area (Å²) in [4.78, 5) is 16.0. The molecule has 1 aromatic heterocycles. The van der Waals surface area contributed by atoms with Crippen LogP contribution in [0.1, 0.15) is 19.9 Å². The summed E-state index contributed by atoms with van der Waals surface area (Å²) >= 11 is 0. The van der Waals surface area contributed by atoms with E-state index in [9.17, 15) is 4.79 Å². The first-order valence-electron chi connectivity index (χ1n) is 6.06. The predicted molar refractivity (Wildman–Crippen MR) is 72.0 cm³/mol. The van der Waals surface area contributed by atoms with Crippen LogP contribution in [-0.4, -0.2) is 29.2 Å². The van der Waals surface area contributed by atoms with E-state index in [2.05, 4.69) is 4.98 Å². The van der Waals surface area contributed by atoms with Crippen molar-refractivity contribution in [2.75, 3.05) is 19.5 Å². The molecule has 6 heteroatoms. The van der Waals surface area contributed by atoms with Gasteiger partial charge in [-0.2, -0.15) is 0 Å². The zero-order valence-electron chi connectivity index (χ0n) is 11.2. The molecule has 6 nitrogen and oxygen atoms in total. The smallest absolute Gasteiger partial charge is 0.328 e. The lowest BCUT2D eigenvalue weighted by atomic mass is 10.2. The highest BCUT2D eigenvalue weighted by atomic mass is 16.5. The van der Waals surface area contributed by atoms with E-state index in [1.165, 1.54) is 0 Å². The third-order valence-corrected chi connectivity index (χ3v) is 2.94. The molecule has 2 N–H and O–H groups in total. The Morgan fingerprint density at radius 3 is 2.89 bits per heavy atom. The molecule has 0 bridgehead atoms. The van der Waals surface area contributed by atoms with E-state index in [1.807, 2.05) is 6.07 Å². The van der Waals surface area contributed by atoms with Gasteiger partial charge in [0, 0.05) is 6.07 Å². The van der Waals surface area contributed by atoms with Crippen molar-refractivity contribution in [2.45, 2.75) is 19.9 Å². The van der Waals surface area contributed by atoms with Crippen LogP contribution in [0, 0.1) is 0 Å². The van der Waals surface area contributed by atoms with Crippen molar-refractivity contribution in [1.29, 1.82) is 0 Å². The highest BCUT2D eigenvalue weighted by Gasteiger charge is 2.21. The first-order valence-corrected chi connectivity index (χ1v) is 6.06. The number of carbonyl (C=O) groups excluding carboxylic acids is 1. The van der Waals surface area contributed by atoms with E-state index >= 15 is 0 Å². The minimum absolute atomic E-state index is 0.281.